The number of aromatic nitrogens is 1. The number of esters is 1. The van der Waals surface area contributed by atoms with E-state index >= 15 is 0 Å². The van der Waals surface area contributed by atoms with E-state index in [-0.39, 0.29) is 12.6 Å². The minimum absolute atomic E-state index is 0.160. The van der Waals surface area contributed by atoms with Crippen LogP contribution in [-0.4, -0.2) is 11.0 Å². The van der Waals surface area contributed by atoms with Crippen LogP contribution in [0.1, 0.15) is 81.3 Å². The van der Waals surface area contributed by atoms with Crippen LogP contribution >= 0.6 is 0 Å². The molecule has 0 saturated carbocycles. The van der Waals surface area contributed by atoms with E-state index in [1.54, 1.807) is 18.2 Å². The Morgan fingerprint density at radius 2 is 1.30 bits per heavy atom. The number of aryl methyl sites for hydroxylation is 6. The number of nitrogens with two attached hydrogens (primary N) is 2. The molecular weight excluding hydrogens is 735 g/mol. The number of H-pyrrole nitrogens is 1. The minimum atomic E-state index is -0.254. The highest BCUT2D eigenvalue weighted by Crippen LogP contribution is 2.42. The molecule has 5 heteroatoms. The predicted molar refractivity (Wildman–Crippen MR) is 253 cm³/mol. The monoisotopic (exact) mass is 791 g/mol. The fourth-order valence-electron chi connectivity index (χ4n) is 8.47. The van der Waals surface area contributed by atoms with E-state index in [2.05, 4.69) is 118 Å². The van der Waals surface area contributed by atoms with Crippen LogP contribution in [0.3, 0.4) is 0 Å². The van der Waals surface area contributed by atoms with Gasteiger partial charge in [0.2, 0.25) is 0 Å². The average Bonchev–Trinajstić information content (AvgIpc) is 3.78. The molecule has 7 aromatic rings. The zero-order valence-electron chi connectivity index (χ0n) is 35.5. The van der Waals surface area contributed by atoms with E-state index in [1.807, 2.05) is 36.4 Å². The Hall–Kier alpha value is -6.59. The summed E-state index contributed by atoms with van der Waals surface area (Å²) in [4.78, 5) is 15.9. The molecule has 6 aromatic carbocycles. The number of nitrogens with one attached hydrogen (secondary N) is 1. The van der Waals surface area contributed by atoms with Crippen molar-refractivity contribution in [1.82, 2.24) is 4.98 Å². The van der Waals surface area contributed by atoms with E-state index in [0.717, 1.165) is 65.4 Å². The Kier molecular flexibility index (Phi) is 13.2. The third-order valence-electron chi connectivity index (χ3n) is 11.4. The van der Waals surface area contributed by atoms with Gasteiger partial charge in [0, 0.05) is 34.4 Å². The van der Waals surface area contributed by atoms with Gasteiger partial charge in [-0.05, 0) is 141 Å². The fraction of sp³-hybridized carbons (Fsp3) is 0.218. The Balaban J connectivity index is 0.000000182. The molecule has 5 nitrogen and oxygen atoms in total. The van der Waals surface area contributed by atoms with Crippen LogP contribution in [0.25, 0.3) is 33.3 Å². The number of aromatic amines is 1. The summed E-state index contributed by atoms with van der Waals surface area (Å²) in [5.74, 6) is -0.254. The molecule has 1 heterocycles. The van der Waals surface area contributed by atoms with Gasteiger partial charge in [-0.25, -0.2) is 0 Å². The van der Waals surface area contributed by atoms with Gasteiger partial charge >= 0.3 is 5.97 Å². The number of ether oxygens (including phenoxy) is 1. The van der Waals surface area contributed by atoms with Gasteiger partial charge in [0.1, 0.15) is 6.61 Å². The highest BCUT2D eigenvalue weighted by Gasteiger charge is 2.23. The predicted octanol–water partition coefficient (Wildman–Crippen LogP) is 13.0. The number of hydrogen-bond acceptors (Lipinski definition) is 4. The van der Waals surface area contributed by atoms with Crippen molar-refractivity contribution in [3.8, 4) is 11.3 Å². The van der Waals surface area contributed by atoms with Crippen LogP contribution in [0.4, 0.5) is 11.4 Å². The van der Waals surface area contributed by atoms with Crippen molar-refractivity contribution >= 4 is 39.4 Å². The number of carbonyl (C=O) groups excluding carboxylic acids is 1. The number of carbonyl (C=O) groups is 1. The first kappa shape index (κ1) is 41.6. The van der Waals surface area contributed by atoms with Crippen molar-refractivity contribution in [1.29, 1.82) is 0 Å². The lowest BCUT2D eigenvalue weighted by Gasteiger charge is -2.12. The molecule has 0 aliphatic heterocycles. The number of hydrogen-bond donors (Lipinski definition) is 3. The van der Waals surface area contributed by atoms with Crippen molar-refractivity contribution < 1.29 is 9.53 Å². The van der Waals surface area contributed by atoms with Crippen LogP contribution in [0.2, 0.25) is 0 Å². The molecule has 8 rings (SSSR count). The molecule has 5 N–H and O–H groups in total. The fourth-order valence-corrected chi connectivity index (χ4v) is 8.47. The second-order valence-electron chi connectivity index (χ2n) is 16.5. The lowest BCUT2D eigenvalue weighted by Crippen LogP contribution is -2.07. The van der Waals surface area contributed by atoms with Crippen molar-refractivity contribution in [2.45, 2.75) is 79.2 Å². The molecule has 1 aromatic heterocycles. The van der Waals surface area contributed by atoms with E-state index in [9.17, 15) is 4.79 Å². The summed E-state index contributed by atoms with van der Waals surface area (Å²) in [6, 6.07) is 46.3. The molecule has 304 valence electrons. The third kappa shape index (κ3) is 10.5. The maximum Gasteiger partial charge on any atom is 0.306 e. The lowest BCUT2D eigenvalue weighted by atomic mass is 9.93. The van der Waals surface area contributed by atoms with Crippen molar-refractivity contribution in [3.05, 3.63) is 201 Å². The quantitative estimate of drug-likeness (QED) is 0.0616. The van der Waals surface area contributed by atoms with Gasteiger partial charge < -0.3 is 21.2 Å². The molecule has 1 aliphatic rings. The lowest BCUT2D eigenvalue weighted by molar-refractivity contribution is -0.144. The second kappa shape index (κ2) is 19.0. The molecule has 0 radical (unpaired) electrons. The SMILES string of the molecule is C=C(CCC1=C(c2ccc(C)cc2)Cc2ccc(C)cc21)CCc1cc(C)cc(C)c1.Nc1cc(N)cc(COC(=O)CCc2c(-c3ccccc3)[nH]c3ccccc23)c1. The average molecular weight is 792 g/mol. The minimum Gasteiger partial charge on any atom is -0.461 e. The topological polar surface area (TPSA) is 94.1 Å². The number of allylic oxidation sites excluding steroid dienone is 3. The molecule has 1 aliphatic carbocycles. The van der Waals surface area contributed by atoms with Gasteiger partial charge in [-0.1, -0.05) is 144 Å². The highest BCUT2D eigenvalue weighted by molar-refractivity contribution is 5.97. The smallest absolute Gasteiger partial charge is 0.306 e. The summed E-state index contributed by atoms with van der Waals surface area (Å²) >= 11 is 0. The first-order chi connectivity index (χ1) is 29.0. The second-order valence-corrected chi connectivity index (χ2v) is 16.5. The number of anilines is 2. The van der Waals surface area contributed by atoms with Gasteiger partial charge in [-0.3, -0.25) is 4.79 Å². The summed E-state index contributed by atoms with van der Waals surface area (Å²) in [7, 11) is 0. The summed E-state index contributed by atoms with van der Waals surface area (Å²) in [5.41, 5.74) is 33.3. The molecule has 0 unspecified atom stereocenters. The van der Waals surface area contributed by atoms with Crippen LogP contribution in [0, 0.1) is 27.7 Å². The zero-order chi connectivity index (χ0) is 42.2. The Bertz CT molecular complexity index is 2630. The van der Waals surface area contributed by atoms with Crippen LogP contribution in [0.15, 0.2) is 146 Å². The molecule has 60 heavy (non-hydrogen) atoms. The van der Waals surface area contributed by atoms with E-state index in [1.165, 1.54) is 61.2 Å². The summed E-state index contributed by atoms with van der Waals surface area (Å²) in [6.45, 7) is 13.3. The van der Waals surface area contributed by atoms with Gasteiger partial charge in [-0.15, -0.1) is 0 Å². The number of benzene rings is 6. The molecule has 0 amide bonds. The van der Waals surface area contributed by atoms with Crippen LogP contribution in [0.5, 0.6) is 0 Å². The molecule has 0 saturated heterocycles. The zero-order valence-corrected chi connectivity index (χ0v) is 35.5. The van der Waals surface area contributed by atoms with E-state index in [0.29, 0.717) is 24.2 Å². The maximum absolute atomic E-state index is 12.4. The summed E-state index contributed by atoms with van der Waals surface area (Å²) < 4.78 is 5.43. The molecular formula is C55H57N3O2. The summed E-state index contributed by atoms with van der Waals surface area (Å²) in [5, 5.41) is 1.13. The van der Waals surface area contributed by atoms with E-state index in [4.69, 9.17) is 16.2 Å². The highest BCUT2D eigenvalue weighted by atomic mass is 16.5. The summed E-state index contributed by atoms with van der Waals surface area (Å²) in [6.07, 6.45) is 6.21. The standard InChI is InChI=1S/C31H34.C24H23N3O2/c1-21(6-11-26-17-24(4)16-25(5)18-26)10-15-29-30-19-23(3)9-14-28(30)20-31(29)27-12-7-22(2)8-13-27;25-18-12-16(13-19(26)14-18)15-29-23(28)11-10-21-20-8-4-5-9-22(20)27-24(21)17-6-2-1-3-7-17/h7-9,12-14,16-19H,1,6,10-11,15,20H2,2-5H3;1-9,12-14,27H,10-11,15,25-26H2. The molecule has 0 spiro atoms. The van der Waals surface area contributed by atoms with Crippen molar-refractivity contribution in [2.24, 2.45) is 0 Å². The number of nitrogen functional groups attached to an aromatic ring is 2. The Morgan fingerprint density at radius 1 is 0.633 bits per heavy atom. The molecule has 0 bridgehead atoms. The van der Waals surface area contributed by atoms with E-state index < -0.39 is 0 Å². The Labute approximate surface area is 355 Å². The van der Waals surface area contributed by atoms with Crippen molar-refractivity contribution in [2.75, 3.05) is 11.5 Å². The largest absolute Gasteiger partial charge is 0.461 e. The van der Waals surface area contributed by atoms with Gasteiger partial charge in [0.15, 0.2) is 0 Å². The maximum atomic E-state index is 12.4. The Morgan fingerprint density at radius 3 is 2.03 bits per heavy atom. The normalized spacial score (nSPS) is 11.9. The van der Waals surface area contributed by atoms with Crippen molar-refractivity contribution in [3.63, 3.8) is 0 Å². The number of rotatable bonds is 13. The third-order valence-corrected chi connectivity index (χ3v) is 11.4. The first-order valence-electron chi connectivity index (χ1n) is 21.1. The molecule has 0 fully saturated rings. The van der Waals surface area contributed by atoms with Gasteiger partial charge in [-0.2, -0.15) is 0 Å². The van der Waals surface area contributed by atoms with Crippen LogP contribution in [-0.2, 0) is 35.4 Å². The van der Waals surface area contributed by atoms with Crippen LogP contribution < -0.4 is 11.5 Å². The van der Waals surface area contributed by atoms with Gasteiger partial charge in [0.25, 0.3) is 0 Å². The van der Waals surface area contributed by atoms with Gasteiger partial charge in [0.05, 0.1) is 0 Å². The molecule has 0 atom stereocenters. The number of fused-ring (bicyclic) bond motifs is 2. The number of para-hydroxylation sites is 1. The first-order valence-corrected chi connectivity index (χ1v) is 21.1.